The van der Waals surface area contributed by atoms with Crippen LogP contribution in [0.2, 0.25) is 0 Å². The van der Waals surface area contributed by atoms with Crippen LogP contribution >= 0.6 is 0 Å². The summed E-state index contributed by atoms with van der Waals surface area (Å²) in [5, 5.41) is 2.48. The lowest BCUT2D eigenvalue weighted by Gasteiger charge is -2.06. The van der Waals surface area contributed by atoms with Crippen LogP contribution in [0.25, 0.3) is 27.6 Å². The zero-order chi connectivity index (χ0) is 13.5. The molecule has 0 spiro atoms. The molecule has 0 fully saturated rings. The first-order valence-corrected chi connectivity index (χ1v) is 6.55. The third-order valence-corrected chi connectivity index (χ3v) is 3.58. The van der Waals surface area contributed by atoms with E-state index in [0.717, 1.165) is 16.9 Å². The number of benzene rings is 2. The van der Waals surface area contributed by atoms with Crippen molar-refractivity contribution in [1.29, 1.82) is 0 Å². The third kappa shape index (κ3) is 1.50. The van der Waals surface area contributed by atoms with Gasteiger partial charge in [0.1, 0.15) is 5.82 Å². The number of fused-ring (bicyclic) bond motifs is 3. The first-order chi connectivity index (χ1) is 9.84. The van der Waals surface area contributed by atoms with Gasteiger partial charge in [0.05, 0.1) is 22.9 Å². The molecular weight excluding hydrogens is 246 g/mol. The van der Waals surface area contributed by atoms with E-state index in [4.69, 9.17) is 5.73 Å². The molecule has 0 unspecified atom stereocenters. The van der Waals surface area contributed by atoms with Crippen molar-refractivity contribution in [3.05, 3.63) is 66.9 Å². The zero-order valence-corrected chi connectivity index (χ0v) is 10.8. The van der Waals surface area contributed by atoms with Crippen LogP contribution in [-0.4, -0.2) is 9.55 Å². The standard InChI is InChI=1S/C17H13N3/c18-12-9-10-17(19-11-12)20-15-7-3-1-5-13(15)14-6-2-4-8-16(14)20/h1-11H,18H2. The van der Waals surface area contributed by atoms with Crippen LogP contribution in [0.5, 0.6) is 0 Å². The van der Waals surface area contributed by atoms with E-state index < -0.39 is 0 Å². The topological polar surface area (TPSA) is 43.8 Å². The maximum absolute atomic E-state index is 5.73. The number of nitrogens with zero attached hydrogens (tertiary/aromatic N) is 2. The lowest BCUT2D eigenvalue weighted by atomic mass is 10.2. The highest BCUT2D eigenvalue weighted by atomic mass is 15.1. The number of aromatic nitrogens is 2. The normalized spacial score (nSPS) is 11.2. The Kier molecular flexibility index (Phi) is 2.27. The first-order valence-electron chi connectivity index (χ1n) is 6.55. The predicted octanol–water partition coefficient (Wildman–Crippen LogP) is 3.76. The van der Waals surface area contributed by atoms with Gasteiger partial charge in [-0.2, -0.15) is 0 Å². The van der Waals surface area contributed by atoms with E-state index in [1.165, 1.54) is 10.8 Å². The van der Waals surface area contributed by atoms with Crippen LogP contribution in [-0.2, 0) is 0 Å². The average Bonchev–Trinajstić information content (AvgIpc) is 2.83. The van der Waals surface area contributed by atoms with Crippen LogP contribution in [0, 0.1) is 0 Å². The van der Waals surface area contributed by atoms with Crippen molar-refractivity contribution in [2.24, 2.45) is 0 Å². The summed E-state index contributed by atoms with van der Waals surface area (Å²) in [4.78, 5) is 4.46. The summed E-state index contributed by atoms with van der Waals surface area (Å²) >= 11 is 0. The van der Waals surface area contributed by atoms with Gasteiger partial charge in [-0.1, -0.05) is 36.4 Å². The molecule has 4 rings (SSSR count). The molecule has 0 amide bonds. The summed E-state index contributed by atoms with van der Waals surface area (Å²) in [5.74, 6) is 0.886. The minimum Gasteiger partial charge on any atom is -0.397 e. The van der Waals surface area contributed by atoms with Crippen molar-refractivity contribution in [2.75, 3.05) is 5.73 Å². The molecular formula is C17H13N3. The Labute approximate surface area is 116 Å². The van der Waals surface area contributed by atoms with Crippen LogP contribution in [0.15, 0.2) is 66.9 Å². The summed E-state index contributed by atoms with van der Waals surface area (Å²) in [6, 6.07) is 20.6. The molecule has 2 N–H and O–H groups in total. The molecule has 3 nitrogen and oxygen atoms in total. The summed E-state index contributed by atoms with van der Waals surface area (Å²) in [5.41, 5.74) is 8.73. The molecule has 3 heteroatoms. The number of hydrogen-bond donors (Lipinski definition) is 1. The fraction of sp³-hybridized carbons (Fsp3) is 0. The van der Waals surface area contributed by atoms with Crippen molar-refractivity contribution < 1.29 is 0 Å². The predicted molar refractivity (Wildman–Crippen MR) is 83.0 cm³/mol. The fourth-order valence-corrected chi connectivity index (χ4v) is 2.70. The van der Waals surface area contributed by atoms with Crippen LogP contribution in [0.4, 0.5) is 5.69 Å². The Bertz CT molecular complexity index is 851. The van der Waals surface area contributed by atoms with Crippen LogP contribution in [0.1, 0.15) is 0 Å². The molecule has 2 aromatic carbocycles. The second-order valence-corrected chi connectivity index (χ2v) is 4.82. The van der Waals surface area contributed by atoms with Crippen molar-refractivity contribution in [1.82, 2.24) is 9.55 Å². The third-order valence-electron chi connectivity index (χ3n) is 3.58. The Hall–Kier alpha value is -2.81. The van der Waals surface area contributed by atoms with Crippen molar-refractivity contribution >= 4 is 27.5 Å². The highest BCUT2D eigenvalue weighted by molar-refractivity contribution is 6.09. The maximum atomic E-state index is 5.73. The fourth-order valence-electron chi connectivity index (χ4n) is 2.70. The summed E-state index contributed by atoms with van der Waals surface area (Å²) in [6.45, 7) is 0. The molecule has 0 radical (unpaired) electrons. The minimum atomic E-state index is 0.675. The Morgan fingerprint density at radius 3 is 1.90 bits per heavy atom. The maximum Gasteiger partial charge on any atom is 0.137 e. The first kappa shape index (κ1) is 11.1. The van der Waals surface area contributed by atoms with Gasteiger partial charge in [-0.25, -0.2) is 4.98 Å². The molecule has 0 saturated carbocycles. The van der Waals surface area contributed by atoms with E-state index in [1.54, 1.807) is 6.20 Å². The van der Waals surface area contributed by atoms with Gasteiger partial charge in [0.25, 0.3) is 0 Å². The van der Waals surface area contributed by atoms with E-state index in [1.807, 2.05) is 12.1 Å². The molecule has 0 saturated heterocycles. The lowest BCUT2D eigenvalue weighted by Crippen LogP contribution is -1.97. The van der Waals surface area contributed by atoms with Gasteiger partial charge < -0.3 is 5.73 Å². The molecule has 4 aromatic rings. The van der Waals surface area contributed by atoms with Crippen molar-refractivity contribution in [3.63, 3.8) is 0 Å². The van der Waals surface area contributed by atoms with E-state index in [9.17, 15) is 0 Å². The van der Waals surface area contributed by atoms with Gasteiger partial charge >= 0.3 is 0 Å². The molecule has 2 aromatic heterocycles. The van der Waals surface area contributed by atoms with Crippen LogP contribution < -0.4 is 5.73 Å². The second kappa shape index (κ2) is 4.10. The number of para-hydroxylation sites is 2. The molecule has 0 atom stereocenters. The molecule has 0 bridgehead atoms. The largest absolute Gasteiger partial charge is 0.397 e. The number of hydrogen-bond acceptors (Lipinski definition) is 2. The van der Waals surface area contributed by atoms with E-state index in [2.05, 4.69) is 58.1 Å². The molecule has 0 aliphatic heterocycles. The lowest BCUT2D eigenvalue weighted by molar-refractivity contribution is 1.08. The van der Waals surface area contributed by atoms with Gasteiger partial charge in [0.15, 0.2) is 0 Å². The van der Waals surface area contributed by atoms with Gasteiger partial charge in [0, 0.05) is 10.8 Å². The zero-order valence-electron chi connectivity index (χ0n) is 10.8. The number of nitrogen functional groups attached to an aromatic ring is 1. The van der Waals surface area contributed by atoms with Crippen LogP contribution in [0.3, 0.4) is 0 Å². The molecule has 96 valence electrons. The quantitative estimate of drug-likeness (QED) is 0.565. The number of pyridine rings is 1. The Balaban J connectivity index is 2.17. The Morgan fingerprint density at radius 2 is 1.35 bits per heavy atom. The minimum absolute atomic E-state index is 0.675. The molecule has 0 aliphatic carbocycles. The summed E-state index contributed by atoms with van der Waals surface area (Å²) < 4.78 is 2.17. The Morgan fingerprint density at radius 1 is 0.750 bits per heavy atom. The molecule has 2 heterocycles. The number of rotatable bonds is 1. The molecule has 0 aliphatic rings. The molecule has 20 heavy (non-hydrogen) atoms. The summed E-state index contributed by atoms with van der Waals surface area (Å²) in [6.07, 6.45) is 1.69. The highest BCUT2D eigenvalue weighted by Gasteiger charge is 2.11. The second-order valence-electron chi connectivity index (χ2n) is 4.82. The van der Waals surface area contributed by atoms with E-state index in [-0.39, 0.29) is 0 Å². The number of anilines is 1. The summed E-state index contributed by atoms with van der Waals surface area (Å²) in [7, 11) is 0. The van der Waals surface area contributed by atoms with Gasteiger partial charge in [-0.3, -0.25) is 4.57 Å². The highest BCUT2D eigenvalue weighted by Crippen LogP contribution is 2.30. The average molecular weight is 259 g/mol. The van der Waals surface area contributed by atoms with Crippen molar-refractivity contribution in [3.8, 4) is 5.82 Å². The van der Waals surface area contributed by atoms with E-state index >= 15 is 0 Å². The van der Waals surface area contributed by atoms with Gasteiger partial charge in [-0.05, 0) is 24.3 Å². The van der Waals surface area contributed by atoms with Gasteiger partial charge in [0.2, 0.25) is 0 Å². The number of nitrogens with two attached hydrogens (primary N) is 1. The SMILES string of the molecule is Nc1ccc(-n2c3ccccc3c3ccccc32)nc1. The monoisotopic (exact) mass is 259 g/mol. The van der Waals surface area contributed by atoms with E-state index in [0.29, 0.717) is 5.69 Å². The smallest absolute Gasteiger partial charge is 0.137 e. The van der Waals surface area contributed by atoms with Gasteiger partial charge in [-0.15, -0.1) is 0 Å². The van der Waals surface area contributed by atoms with Crippen molar-refractivity contribution in [2.45, 2.75) is 0 Å².